The summed E-state index contributed by atoms with van der Waals surface area (Å²) in [4.78, 5) is 0.922. The maximum Gasteiger partial charge on any atom is 0.220 e. The third-order valence-corrected chi connectivity index (χ3v) is 4.62. The van der Waals surface area contributed by atoms with E-state index in [0.717, 1.165) is 33.5 Å². The van der Waals surface area contributed by atoms with E-state index in [1.54, 1.807) is 10.8 Å². The molecule has 3 aromatic rings. The predicted octanol–water partition coefficient (Wildman–Crippen LogP) is 6.81. The molecule has 0 N–H and O–H groups in total. The van der Waals surface area contributed by atoms with Gasteiger partial charge >= 0.3 is 0 Å². The van der Waals surface area contributed by atoms with Gasteiger partial charge in [0.05, 0.1) is 5.69 Å². The zero-order chi connectivity index (χ0) is 21.4. The lowest BCUT2D eigenvalue weighted by Gasteiger charge is -2.06. The number of ether oxygens (including phenoxy) is 2. The lowest BCUT2D eigenvalue weighted by molar-refractivity contribution is 0.363. The fraction of sp³-hybridized carbons (Fsp3) is 0.227. The molecule has 0 aliphatic carbocycles. The molecule has 7 heteroatoms. The van der Waals surface area contributed by atoms with E-state index in [9.17, 15) is 0 Å². The van der Waals surface area contributed by atoms with E-state index >= 15 is 0 Å². The molecule has 3 rings (SSSR count). The van der Waals surface area contributed by atoms with Crippen molar-refractivity contribution >= 4 is 35.8 Å². The minimum Gasteiger partial charge on any atom is -0.489 e. The highest BCUT2D eigenvalue weighted by Crippen LogP contribution is 2.26. The average Bonchev–Trinajstić information content (AvgIpc) is 2.91. The van der Waals surface area contributed by atoms with Crippen molar-refractivity contribution in [2.24, 2.45) is 7.05 Å². The Kier molecular flexibility index (Phi) is 8.96. The minimum atomic E-state index is 0.229. The van der Waals surface area contributed by atoms with E-state index in [4.69, 9.17) is 32.7 Å². The van der Waals surface area contributed by atoms with Gasteiger partial charge < -0.3 is 9.47 Å². The number of rotatable bonds is 5. The fourth-order valence-electron chi connectivity index (χ4n) is 2.35. The van der Waals surface area contributed by atoms with Gasteiger partial charge in [0.15, 0.2) is 0 Å². The van der Waals surface area contributed by atoms with Crippen molar-refractivity contribution < 1.29 is 9.47 Å². The number of hydrogen-bond acceptors (Lipinski definition) is 4. The van der Waals surface area contributed by atoms with Gasteiger partial charge in [-0.05, 0) is 63.2 Å². The van der Waals surface area contributed by atoms with E-state index in [1.165, 1.54) is 5.56 Å². The maximum atomic E-state index is 5.78. The van der Waals surface area contributed by atoms with Gasteiger partial charge in [0.1, 0.15) is 22.6 Å². The molecule has 1 heterocycles. The second-order valence-electron chi connectivity index (χ2n) is 6.35. The maximum absolute atomic E-state index is 5.78. The molecule has 0 atom stereocenters. The quantitative estimate of drug-likeness (QED) is 0.433. The first kappa shape index (κ1) is 23.2. The van der Waals surface area contributed by atoms with Crippen LogP contribution in [-0.4, -0.2) is 16.4 Å². The van der Waals surface area contributed by atoms with E-state index in [0.29, 0.717) is 6.61 Å². The predicted molar refractivity (Wildman–Crippen MR) is 123 cm³/mol. The second kappa shape index (κ2) is 11.2. The number of aryl methyl sites for hydroxylation is 3. The van der Waals surface area contributed by atoms with Crippen LogP contribution >= 0.6 is 35.8 Å². The summed E-state index contributed by atoms with van der Waals surface area (Å²) < 4.78 is 13.1. The van der Waals surface area contributed by atoms with Gasteiger partial charge in [-0.1, -0.05) is 40.9 Å². The normalized spacial score (nSPS) is 10.0. The van der Waals surface area contributed by atoms with Crippen molar-refractivity contribution in [2.45, 2.75) is 25.7 Å². The summed E-state index contributed by atoms with van der Waals surface area (Å²) in [6.45, 7) is 6.40. The average molecular weight is 451 g/mol. The van der Waals surface area contributed by atoms with Crippen LogP contribution in [0.1, 0.15) is 16.8 Å². The van der Waals surface area contributed by atoms with Crippen molar-refractivity contribution in [3.05, 3.63) is 75.9 Å². The molecule has 0 spiro atoms. The first-order valence-electron chi connectivity index (χ1n) is 8.94. The molecule has 0 radical (unpaired) electrons. The van der Waals surface area contributed by atoms with Crippen molar-refractivity contribution in [1.82, 2.24) is 9.78 Å². The zero-order valence-corrected chi connectivity index (χ0v) is 19.2. The Hall–Kier alpha value is -2.08. The third-order valence-electron chi connectivity index (χ3n) is 4.02. The molecular formula is C22H24Cl2N2O2S. The second-order valence-corrected chi connectivity index (χ2v) is 7.88. The SMILES string of the molecule is Cc1ccc(OCC=C(Cl)Cl)cc1.Cc1nn(C)c(Oc2ccc(S)cc2)c1C. The van der Waals surface area contributed by atoms with Gasteiger partial charge in [0.25, 0.3) is 0 Å². The molecule has 0 saturated carbocycles. The van der Waals surface area contributed by atoms with Gasteiger partial charge in [-0.15, -0.1) is 12.6 Å². The first-order valence-corrected chi connectivity index (χ1v) is 10.1. The number of aromatic nitrogens is 2. The Morgan fingerprint density at radius 3 is 2.10 bits per heavy atom. The molecule has 0 aliphatic heterocycles. The smallest absolute Gasteiger partial charge is 0.220 e. The minimum absolute atomic E-state index is 0.229. The molecule has 0 unspecified atom stereocenters. The number of hydrogen-bond donors (Lipinski definition) is 1. The molecule has 0 aliphatic rings. The Labute approximate surface area is 187 Å². The molecule has 1 aromatic heterocycles. The van der Waals surface area contributed by atoms with Gasteiger partial charge in [-0.2, -0.15) is 5.10 Å². The number of nitrogens with zero attached hydrogens (tertiary/aromatic N) is 2. The Balaban J connectivity index is 0.000000212. The van der Waals surface area contributed by atoms with Gasteiger partial charge in [-0.3, -0.25) is 0 Å². The van der Waals surface area contributed by atoms with Crippen molar-refractivity contribution in [1.29, 1.82) is 0 Å². The summed E-state index contributed by atoms with van der Waals surface area (Å²) in [6.07, 6.45) is 1.60. The van der Waals surface area contributed by atoms with E-state index in [2.05, 4.69) is 17.7 Å². The molecule has 29 heavy (non-hydrogen) atoms. The van der Waals surface area contributed by atoms with Crippen LogP contribution in [0.5, 0.6) is 17.4 Å². The van der Waals surface area contributed by atoms with Crippen molar-refractivity contribution in [3.8, 4) is 17.4 Å². The largest absolute Gasteiger partial charge is 0.489 e. The lowest BCUT2D eigenvalue weighted by atomic mass is 10.2. The summed E-state index contributed by atoms with van der Waals surface area (Å²) >= 11 is 15.1. The lowest BCUT2D eigenvalue weighted by Crippen LogP contribution is -1.95. The molecule has 4 nitrogen and oxygen atoms in total. The molecule has 0 fully saturated rings. The topological polar surface area (TPSA) is 36.3 Å². The van der Waals surface area contributed by atoms with E-state index < -0.39 is 0 Å². The molecule has 0 saturated heterocycles. The number of halogens is 2. The standard InChI is InChI=1S/C12H14N2OS.C10H10Cl2O/c1-8-9(2)13-14(3)12(8)15-10-4-6-11(16)7-5-10;1-8-2-4-9(5-3-8)13-7-6-10(11)12/h4-7,16H,1-3H3;2-6H,7H2,1H3. The Morgan fingerprint density at radius 1 is 1.00 bits per heavy atom. The summed E-state index contributed by atoms with van der Waals surface area (Å²) in [5, 5.41) is 4.30. The highest BCUT2D eigenvalue weighted by Gasteiger charge is 2.10. The Morgan fingerprint density at radius 2 is 1.59 bits per heavy atom. The summed E-state index contributed by atoms with van der Waals surface area (Å²) in [6, 6.07) is 15.4. The molecule has 0 amide bonds. The first-order chi connectivity index (χ1) is 13.8. The van der Waals surface area contributed by atoms with Crippen LogP contribution in [0, 0.1) is 20.8 Å². The highest BCUT2D eigenvalue weighted by molar-refractivity contribution is 7.80. The van der Waals surface area contributed by atoms with Crippen LogP contribution in [0.25, 0.3) is 0 Å². The van der Waals surface area contributed by atoms with Crippen LogP contribution in [0.3, 0.4) is 0 Å². The van der Waals surface area contributed by atoms with Crippen molar-refractivity contribution in [2.75, 3.05) is 6.61 Å². The van der Waals surface area contributed by atoms with Crippen LogP contribution in [0.4, 0.5) is 0 Å². The molecule has 154 valence electrons. The van der Waals surface area contributed by atoms with Crippen LogP contribution in [0.2, 0.25) is 0 Å². The summed E-state index contributed by atoms with van der Waals surface area (Å²) in [5.74, 6) is 2.39. The molecule has 0 bridgehead atoms. The van der Waals surface area contributed by atoms with Gasteiger partial charge in [-0.25, -0.2) is 4.68 Å². The van der Waals surface area contributed by atoms with E-state index in [1.807, 2.05) is 76.3 Å². The summed E-state index contributed by atoms with van der Waals surface area (Å²) in [7, 11) is 1.88. The number of benzene rings is 2. The highest BCUT2D eigenvalue weighted by atomic mass is 35.5. The van der Waals surface area contributed by atoms with Crippen molar-refractivity contribution in [3.63, 3.8) is 0 Å². The monoisotopic (exact) mass is 450 g/mol. The zero-order valence-electron chi connectivity index (χ0n) is 16.8. The number of thiol groups is 1. The summed E-state index contributed by atoms with van der Waals surface area (Å²) in [5.41, 5.74) is 3.26. The van der Waals surface area contributed by atoms with Gasteiger partial charge in [0, 0.05) is 17.5 Å². The fourth-order valence-corrected chi connectivity index (χ4v) is 2.62. The van der Waals surface area contributed by atoms with Gasteiger partial charge in [0.2, 0.25) is 5.88 Å². The Bertz CT molecular complexity index is 948. The molecular weight excluding hydrogens is 427 g/mol. The third kappa shape index (κ3) is 7.69. The van der Waals surface area contributed by atoms with Crippen LogP contribution < -0.4 is 9.47 Å². The van der Waals surface area contributed by atoms with E-state index in [-0.39, 0.29) is 4.49 Å². The van der Waals surface area contributed by atoms with Crippen LogP contribution in [0.15, 0.2) is 64.0 Å². The molecule has 2 aromatic carbocycles. The van der Waals surface area contributed by atoms with Crippen LogP contribution in [-0.2, 0) is 7.05 Å².